The summed E-state index contributed by atoms with van der Waals surface area (Å²) in [6.45, 7) is 1.90. The summed E-state index contributed by atoms with van der Waals surface area (Å²) in [5.41, 5.74) is 1.78. The number of rotatable bonds is 6. The van der Waals surface area contributed by atoms with E-state index >= 15 is 0 Å². The fourth-order valence-corrected chi connectivity index (χ4v) is 4.87. The van der Waals surface area contributed by atoms with Crippen LogP contribution in [0.4, 0.5) is 0 Å². The molecule has 2 aromatic carbocycles. The molecule has 5 rings (SSSR count). The number of amides is 2. The van der Waals surface area contributed by atoms with Gasteiger partial charge in [-0.3, -0.25) is 14.2 Å². The van der Waals surface area contributed by atoms with E-state index in [2.05, 4.69) is 10.2 Å². The lowest BCUT2D eigenvalue weighted by molar-refractivity contribution is -0.129. The molecule has 2 aromatic heterocycles. The molecule has 0 radical (unpaired) electrons. The molecule has 35 heavy (non-hydrogen) atoms. The van der Waals surface area contributed by atoms with Crippen LogP contribution >= 0.6 is 23.4 Å². The number of aromatic nitrogens is 3. The molecule has 0 spiro atoms. The van der Waals surface area contributed by atoms with E-state index < -0.39 is 0 Å². The number of carbonyl (C=O) groups is 2. The van der Waals surface area contributed by atoms with Gasteiger partial charge in [-0.2, -0.15) is 0 Å². The van der Waals surface area contributed by atoms with Crippen molar-refractivity contribution >= 4 is 35.2 Å². The number of hydrogen-bond acceptors (Lipinski definition) is 6. The largest absolute Gasteiger partial charge is 0.459 e. The molecule has 0 atom stereocenters. The quantitative estimate of drug-likeness (QED) is 0.363. The molecule has 3 heterocycles. The van der Waals surface area contributed by atoms with E-state index in [0.717, 1.165) is 11.3 Å². The summed E-state index contributed by atoms with van der Waals surface area (Å²) in [5, 5.41) is 10.1. The number of piperazine rings is 1. The molecule has 1 aliphatic heterocycles. The Morgan fingerprint density at radius 3 is 2.29 bits per heavy atom. The van der Waals surface area contributed by atoms with Crippen LogP contribution in [0, 0.1) is 0 Å². The lowest BCUT2D eigenvalue weighted by Crippen LogP contribution is -2.51. The Labute approximate surface area is 211 Å². The van der Waals surface area contributed by atoms with Crippen molar-refractivity contribution in [3.05, 3.63) is 83.8 Å². The predicted molar refractivity (Wildman–Crippen MR) is 134 cm³/mol. The van der Waals surface area contributed by atoms with Gasteiger partial charge in [0, 0.05) is 42.5 Å². The number of hydrogen-bond donors (Lipinski definition) is 0. The summed E-state index contributed by atoms with van der Waals surface area (Å²) >= 11 is 7.40. The van der Waals surface area contributed by atoms with E-state index in [1.165, 1.54) is 18.0 Å². The zero-order valence-corrected chi connectivity index (χ0v) is 20.3. The van der Waals surface area contributed by atoms with Crippen LogP contribution in [0.15, 0.2) is 82.6 Å². The van der Waals surface area contributed by atoms with Crippen LogP contribution in [0.3, 0.4) is 0 Å². The number of carbonyl (C=O) groups excluding carboxylic acids is 2. The van der Waals surface area contributed by atoms with Crippen molar-refractivity contribution in [3.63, 3.8) is 0 Å². The normalized spacial score (nSPS) is 13.7. The maximum atomic E-state index is 12.9. The first kappa shape index (κ1) is 23.2. The number of nitrogens with zero attached hydrogens (tertiary/aromatic N) is 5. The van der Waals surface area contributed by atoms with E-state index in [0.29, 0.717) is 47.9 Å². The molecular formula is C25H22ClN5O3S. The standard InChI is InChI=1S/C25H22ClN5O3S/c26-19-10-8-18(9-11-19)23-27-28-25(31(23)20-5-2-1-3-6-20)35-17-22(32)29-12-14-30(15-13-29)24(33)21-7-4-16-34-21/h1-11,16H,12-15,17H2. The Morgan fingerprint density at radius 1 is 0.886 bits per heavy atom. The van der Waals surface area contributed by atoms with Gasteiger partial charge in [0.25, 0.3) is 5.91 Å². The Kier molecular flexibility index (Phi) is 6.87. The number of thioether (sulfide) groups is 1. The first-order valence-corrected chi connectivity index (χ1v) is 12.5. The molecule has 0 aliphatic carbocycles. The summed E-state index contributed by atoms with van der Waals surface area (Å²) in [6.07, 6.45) is 1.48. The Hall–Kier alpha value is -3.56. The SMILES string of the molecule is O=C(CSc1nnc(-c2ccc(Cl)cc2)n1-c1ccccc1)N1CCN(C(=O)c2ccco2)CC1. The topological polar surface area (TPSA) is 84.5 Å². The highest BCUT2D eigenvalue weighted by Gasteiger charge is 2.26. The summed E-state index contributed by atoms with van der Waals surface area (Å²) in [6, 6.07) is 20.6. The van der Waals surface area contributed by atoms with Crippen molar-refractivity contribution < 1.29 is 14.0 Å². The number of halogens is 1. The average Bonchev–Trinajstić information content (AvgIpc) is 3.59. The van der Waals surface area contributed by atoms with Crippen LogP contribution in [0.2, 0.25) is 5.02 Å². The Balaban J connectivity index is 1.27. The van der Waals surface area contributed by atoms with Crippen molar-refractivity contribution in [3.8, 4) is 17.1 Å². The molecule has 2 amide bonds. The number of benzene rings is 2. The van der Waals surface area contributed by atoms with Gasteiger partial charge < -0.3 is 14.2 Å². The van der Waals surface area contributed by atoms with Crippen molar-refractivity contribution in [1.29, 1.82) is 0 Å². The maximum Gasteiger partial charge on any atom is 0.289 e. The highest BCUT2D eigenvalue weighted by atomic mass is 35.5. The second-order valence-corrected chi connectivity index (χ2v) is 9.30. The molecule has 0 unspecified atom stereocenters. The fourth-order valence-electron chi connectivity index (χ4n) is 3.89. The molecule has 4 aromatic rings. The first-order valence-electron chi connectivity index (χ1n) is 11.1. The van der Waals surface area contributed by atoms with Gasteiger partial charge >= 0.3 is 0 Å². The van der Waals surface area contributed by atoms with Gasteiger partial charge in [-0.1, -0.05) is 41.6 Å². The smallest absolute Gasteiger partial charge is 0.289 e. The Bertz CT molecular complexity index is 1300. The van der Waals surface area contributed by atoms with Crippen molar-refractivity contribution in [2.45, 2.75) is 5.16 Å². The summed E-state index contributed by atoms with van der Waals surface area (Å²) in [7, 11) is 0. The summed E-state index contributed by atoms with van der Waals surface area (Å²) in [5.74, 6) is 1.06. The van der Waals surface area contributed by atoms with Crippen molar-refractivity contribution in [2.24, 2.45) is 0 Å². The molecule has 8 nitrogen and oxygen atoms in total. The van der Waals surface area contributed by atoms with Gasteiger partial charge in [0.05, 0.1) is 12.0 Å². The third-order valence-electron chi connectivity index (χ3n) is 5.73. The van der Waals surface area contributed by atoms with Gasteiger partial charge in [-0.05, 0) is 48.5 Å². The lowest BCUT2D eigenvalue weighted by Gasteiger charge is -2.34. The minimum Gasteiger partial charge on any atom is -0.459 e. The monoisotopic (exact) mass is 507 g/mol. The molecular weight excluding hydrogens is 486 g/mol. The molecule has 1 saturated heterocycles. The minimum absolute atomic E-state index is 0.00393. The molecule has 1 fully saturated rings. The highest BCUT2D eigenvalue weighted by molar-refractivity contribution is 7.99. The van der Waals surface area contributed by atoms with Gasteiger partial charge in [-0.25, -0.2) is 0 Å². The molecule has 1 aliphatic rings. The maximum absolute atomic E-state index is 12.9. The van der Waals surface area contributed by atoms with Gasteiger partial charge in [0.2, 0.25) is 5.91 Å². The number of para-hydroxylation sites is 1. The van der Waals surface area contributed by atoms with Crippen LogP contribution in [0.5, 0.6) is 0 Å². The molecule has 10 heteroatoms. The Morgan fingerprint density at radius 2 is 1.60 bits per heavy atom. The van der Waals surface area contributed by atoms with E-state index in [-0.39, 0.29) is 17.6 Å². The van der Waals surface area contributed by atoms with Crippen LogP contribution in [0.25, 0.3) is 17.1 Å². The van der Waals surface area contributed by atoms with Crippen LogP contribution in [-0.2, 0) is 4.79 Å². The van der Waals surface area contributed by atoms with E-state index in [1.54, 1.807) is 21.9 Å². The molecule has 0 N–H and O–H groups in total. The van der Waals surface area contributed by atoms with Gasteiger partial charge in [0.1, 0.15) is 0 Å². The van der Waals surface area contributed by atoms with Gasteiger partial charge in [0.15, 0.2) is 16.7 Å². The van der Waals surface area contributed by atoms with Crippen LogP contribution < -0.4 is 0 Å². The van der Waals surface area contributed by atoms with E-state index in [1.807, 2.05) is 59.2 Å². The first-order chi connectivity index (χ1) is 17.1. The molecule has 0 bridgehead atoms. The highest BCUT2D eigenvalue weighted by Crippen LogP contribution is 2.29. The fraction of sp³-hybridized carbons (Fsp3) is 0.200. The summed E-state index contributed by atoms with van der Waals surface area (Å²) < 4.78 is 7.15. The molecule has 0 saturated carbocycles. The van der Waals surface area contributed by atoms with Crippen LogP contribution in [0.1, 0.15) is 10.6 Å². The zero-order chi connectivity index (χ0) is 24.2. The molecule has 178 valence electrons. The second kappa shape index (κ2) is 10.4. The van der Waals surface area contributed by atoms with Crippen molar-refractivity contribution in [1.82, 2.24) is 24.6 Å². The third kappa shape index (κ3) is 5.11. The third-order valence-corrected chi connectivity index (χ3v) is 6.89. The van der Waals surface area contributed by atoms with Crippen molar-refractivity contribution in [2.75, 3.05) is 31.9 Å². The van der Waals surface area contributed by atoms with E-state index in [9.17, 15) is 9.59 Å². The zero-order valence-electron chi connectivity index (χ0n) is 18.7. The number of furan rings is 1. The van der Waals surface area contributed by atoms with E-state index in [4.69, 9.17) is 16.0 Å². The van der Waals surface area contributed by atoms with Gasteiger partial charge in [-0.15, -0.1) is 10.2 Å². The minimum atomic E-state index is -0.151. The van der Waals surface area contributed by atoms with Crippen LogP contribution in [-0.4, -0.2) is 68.3 Å². The predicted octanol–water partition coefficient (Wildman–Crippen LogP) is 4.26. The average molecular weight is 508 g/mol. The second-order valence-electron chi connectivity index (χ2n) is 7.92. The summed E-state index contributed by atoms with van der Waals surface area (Å²) in [4.78, 5) is 28.9. The lowest BCUT2D eigenvalue weighted by atomic mass is 10.2.